The van der Waals surface area contributed by atoms with Crippen molar-refractivity contribution in [3.8, 4) is 0 Å². The fraction of sp³-hybridized carbons (Fsp3) is 0.417. The first kappa shape index (κ1) is 14.6. The van der Waals surface area contributed by atoms with Crippen molar-refractivity contribution in [1.82, 2.24) is 5.32 Å². The maximum Gasteiger partial charge on any atom is 0.248 e. The van der Waals surface area contributed by atoms with Crippen LogP contribution in [-0.4, -0.2) is 34.9 Å². The van der Waals surface area contributed by atoms with Crippen LogP contribution in [0.15, 0.2) is 18.2 Å². The van der Waals surface area contributed by atoms with E-state index in [1.54, 1.807) is 6.92 Å². The molecular formula is C12H17FN2O3. The number of aliphatic hydroxyl groups is 2. The van der Waals surface area contributed by atoms with Gasteiger partial charge in [0.1, 0.15) is 5.82 Å². The summed E-state index contributed by atoms with van der Waals surface area (Å²) >= 11 is 0. The number of benzene rings is 1. The summed E-state index contributed by atoms with van der Waals surface area (Å²) in [5, 5.41) is 21.0. The van der Waals surface area contributed by atoms with E-state index in [9.17, 15) is 9.18 Å². The zero-order chi connectivity index (χ0) is 13.8. The van der Waals surface area contributed by atoms with E-state index in [4.69, 9.17) is 15.9 Å². The van der Waals surface area contributed by atoms with Crippen molar-refractivity contribution < 1.29 is 19.4 Å². The Labute approximate surface area is 104 Å². The van der Waals surface area contributed by atoms with Crippen molar-refractivity contribution >= 4 is 5.91 Å². The highest BCUT2D eigenvalue weighted by Crippen LogP contribution is 2.12. The van der Waals surface area contributed by atoms with E-state index in [0.717, 1.165) is 6.07 Å². The molecular weight excluding hydrogens is 239 g/mol. The third-order valence-electron chi connectivity index (χ3n) is 2.73. The lowest BCUT2D eigenvalue weighted by Gasteiger charge is -2.26. The number of aliphatic hydroxyl groups excluding tert-OH is 2. The smallest absolute Gasteiger partial charge is 0.248 e. The Kier molecular flexibility index (Phi) is 4.77. The van der Waals surface area contributed by atoms with Gasteiger partial charge in [0, 0.05) is 17.7 Å². The molecule has 0 heterocycles. The van der Waals surface area contributed by atoms with Gasteiger partial charge in [-0.2, -0.15) is 0 Å². The number of hydrogen-bond acceptors (Lipinski definition) is 4. The number of carbonyl (C=O) groups excluding carboxylic acids is 1. The molecule has 18 heavy (non-hydrogen) atoms. The van der Waals surface area contributed by atoms with E-state index in [1.165, 1.54) is 12.1 Å². The highest BCUT2D eigenvalue weighted by atomic mass is 19.1. The van der Waals surface area contributed by atoms with Gasteiger partial charge in [-0.3, -0.25) is 4.79 Å². The zero-order valence-electron chi connectivity index (χ0n) is 10.1. The van der Waals surface area contributed by atoms with E-state index in [0.29, 0.717) is 0 Å². The number of carbonyl (C=O) groups is 1. The molecule has 0 atom stereocenters. The Balaban J connectivity index is 2.84. The van der Waals surface area contributed by atoms with Gasteiger partial charge in [-0.25, -0.2) is 4.39 Å². The predicted molar refractivity (Wildman–Crippen MR) is 64.3 cm³/mol. The van der Waals surface area contributed by atoms with Gasteiger partial charge in [-0.1, -0.05) is 0 Å². The number of amides is 1. The second-order valence-corrected chi connectivity index (χ2v) is 4.40. The first-order valence-corrected chi connectivity index (χ1v) is 5.47. The third kappa shape index (κ3) is 3.49. The van der Waals surface area contributed by atoms with Gasteiger partial charge in [0.05, 0.1) is 18.8 Å². The van der Waals surface area contributed by atoms with Crippen LogP contribution in [0.3, 0.4) is 0 Å². The minimum atomic E-state index is -0.908. The molecule has 100 valence electrons. The second-order valence-electron chi connectivity index (χ2n) is 4.40. The topological polar surface area (TPSA) is 95.6 Å². The van der Waals surface area contributed by atoms with Crippen molar-refractivity contribution in [2.75, 3.05) is 13.2 Å². The monoisotopic (exact) mass is 256 g/mol. The summed E-state index contributed by atoms with van der Waals surface area (Å²) in [4.78, 5) is 11.0. The molecule has 5 N–H and O–H groups in total. The van der Waals surface area contributed by atoms with E-state index in [1.807, 2.05) is 0 Å². The Bertz CT molecular complexity index is 433. The van der Waals surface area contributed by atoms with E-state index >= 15 is 0 Å². The van der Waals surface area contributed by atoms with Crippen molar-refractivity contribution in [2.24, 2.45) is 5.73 Å². The molecule has 0 saturated carbocycles. The van der Waals surface area contributed by atoms with Crippen LogP contribution in [0.5, 0.6) is 0 Å². The standard InChI is InChI=1S/C12H17FN2O3/c1-12(6-16,7-17)15-5-9-4-8(11(14)18)2-3-10(9)13/h2-4,15-17H,5-7H2,1H3,(H2,14,18). The molecule has 0 bridgehead atoms. The fourth-order valence-electron chi connectivity index (χ4n) is 1.33. The molecule has 0 unspecified atom stereocenters. The number of primary amides is 1. The third-order valence-corrected chi connectivity index (χ3v) is 2.73. The molecule has 1 amide bonds. The molecule has 1 aromatic rings. The molecule has 0 saturated heterocycles. The second kappa shape index (κ2) is 5.90. The molecule has 0 aliphatic rings. The largest absolute Gasteiger partial charge is 0.394 e. The first-order valence-electron chi connectivity index (χ1n) is 5.47. The van der Waals surface area contributed by atoms with Gasteiger partial charge in [-0.05, 0) is 25.1 Å². The lowest BCUT2D eigenvalue weighted by molar-refractivity contribution is 0.0997. The highest BCUT2D eigenvalue weighted by molar-refractivity contribution is 5.92. The Hall–Kier alpha value is -1.50. The van der Waals surface area contributed by atoms with E-state index in [2.05, 4.69) is 5.32 Å². The number of halogens is 1. The van der Waals surface area contributed by atoms with Crippen LogP contribution in [0, 0.1) is 5.82 Å². The summed E-state index contributed by atoms with van der Waals surface area (Å²) < 4.78 is 13.5. The average molecular weight is 256 g/mol. The fourth-order valence-corrected chi connectivity index (χ4v) is 1.33. The summed E-state index contributed by atoms with van der Waals surface area (Å²) in [6.45, 7) is 1.09. The van der Waals surface area contributed by atoms with E-state index in [-0.39, 0.29) is 30.9 Å². The van der Waals surface area contributed by atoms with E-state index < -0.39 is 17.3 Å². The van der Waals surface area contributed by atoms with Crippen molar-refractivity contribution in [3.63, 3.8) is 0 Å². The maximum absolute atomic E-state index is 13.5. The number of hydrogen-bond donors (Lipinski definition) is 4. The van der Waals surface area contributed by atoms with Crippen molar-refractivity contribution in [2.45, 2.75) is 19.0 Å². The highest BCUT2D eigenvalue weighted by Gasteiger charge is 2.21. The lowest BCUT2D eigenvalue weighted by atomic mass is 10.0. The number of rotatable bonds is 6. The number of nitrogens with two attached hydrogens (primary N) is 1. The van der Waals surface area contributed by atoms with Crippen LogP contribution < -0.4 is 11.1 Å². The van der Waals surface area contributed by atoms with Gasteiger partial charge < -0.3 is 21.3 Å². The predicted octanol–water partition coefficient (Wildman–Crippen LogP) is -0.243. The van der Waals surface area contributed by atoms with Gasteiger partial charge in [0.2, 0.25) is 5.91 Å². The van der Waals surface area contributed by atoms with Gasteiger partial charge >= 0.3 is 0 Å². The van der Waals surface area contributed by atoms with Crippen LogP contribution in [0.25, 0.3) is 0 Å². The van der Waals surface area contributed by atoms with Crippen LogP contribution in [0.1, 0.15) is 22.8 Å². The Morgan fingerprint density at radius 1 is 1.44 bits per heavy atom. The maximum atomic E-state index is 13.5. The minimum Gasteiger partial charge on any atom is -0.394 e. The molecule has 5 nitrogen and oxygen atoms in total. The van der Waals surface area contributed by atoms with Crippen molar-refractivity contribution in [3.05, 3.63) is 35.1 Å². The van der Waals surface area contributed by atoms with Crippen LogP contribution in [0.2, 0.25) is 0 Å². The summed E-state index contributed by atoms with van der Waals surface area (Å²) in [5.74, 6) is -1.12. The lowest BCUT2D eigenvalue weighted by Crippen LogP contribution is -2.48. The molecule has 1 aromatic carbocycles. The zero-order valence-corrected chi connectivity index (χ0v) is 10.1. The average Bonchev–Trinajstić information content (AvgIpc) is 2.37. The molecule has 6 heteroatoms. The molecule has 0 spiro atoms. The minimum absolute atomic E-state index is 0.0740. The van der Waals surface area contributed by atoms with Crippen molar-refractivity contribution in [1.29, 1.82) is 0 Å². The van der Waals surface area contributed by atoms with Crippen LogP contribution >= 0.6 is 0 Å². The SMILES string of the molecule is CC(CO)(CO)NCc1cc(C(N)=O)ccc1F. The summed E-state index contributed by atoms with van der Waals surface area (Å²) in [5.41, 5.74) is 4.66. The molecule has 0 aliphatic carbocycles. The summed E-state index contributed by atoms with van der Waals surface area (Å²) in [6.07, 6.45) is 0. The first-order chi connectivity index (χ1) is 8.41. The summed E-state index contributed by atoms with van der Waals surface area (Å²) in [7, 11) is 0. The van der Waals surface area contributed by atoms with Gasteiger partial charge in [-0.15, -0.1) is 0 Å². The van der Waals surface area contributed by atoms with Gasteiger partial charge in [0.25, 0.3) is 0 Å². The molecule has 0 aliphatic heterocycles. The summed E-state index contributed by atoms with van der Waals surface area (Å²) in [6, 6.07) is 3.81. The van der Waals surface area contributed by atoms with Crippen LogP contribution in [-0.2, 0) is 6.54 Å². The molecule has 0 aromatic heterocycles. The quantitative estimate of drug-likeness (QED) is 0.565. The Morgan fingerprint density at radius 3 is 2.56 bits per heavy atom. The molecule has 0 radical (unpaired) electrons. The number of nitrogens with one attached hydrogen (secondary N) is 1. The normalized spacial score (nSPS) is 11.6. The molecule has 1 rings (SSSR count). The van der Waals surface area contributed by atoms with Gasteiger partial charge in [0.15, 0.2) is 0 Å². The Morgan fingerprint density at radius 2 is 2.06 bits per heavy atom. The molecule has 0 fully saturated rings. The van der Waals surface area contributed by atoms with Crippen LogP contribution in [0.4, 0.5) is 4.39 Å².